The van der Waals surface area contributed by atoms with Crippen molar-refractivity contribution in [1.29, 1.82) is 0 Å². The molecule has 0 aliphatic heterocycles. The van der Waals surface area contributed by atoms with Crippen LogP contribution in [0, 0.1) is 0 Å². The molecule has 17 heavy (non-hydrogen) atoms. The second-order valence-corrected chi connectivity index (χ2v) is 4.02. The molecule has 2 aromatic rings. The summed E-state index contributed by atoms with van der Waals surface area (Å²) in [4.78, 5) is 7.99. The van der Waals surface area contributed by atoms with Gasteiger partial charge in [0.2, 0.25) is 0 Å². The van der Waals surface area contributed by atoms with Crippen LogP contribution in [0.5, 0.6) is 5.75 Å². The quantitative estimate of drug-likeness (QED) is 0.926. The van der Waals surface area contributed by atoms with Gasteiger partial charge in [0.15, 0.2) is 5.82 Å². The van der Waals surface area contributed by atoms with E-state index in [2.05, 4.69) is 15.3 Å². The van der Waals surface area contributed by atoms with E-state index in [9.17, 15) is 0 Å². The maximum absolute atomic E-state index is 5.91. The highest BCUT2D eigenvalue weighted by molar-refractivity contribution is 6.31. The number of rotatable bonds is 3. The zero-order chi connectivity index (χ0) is 12.3. The lowest BCUT2D eigenvalue weighted by Gasteiger charge is -2.10. The monoisotopic (exact) mass is 269 g/mol. The van der Waals surface area contributed by atoms with Crippen LogP contribution < -0.4 is 10.1 Å². The summed E-state index contributed by atoms with van der Waals surface area (Å²) in [5, 5.41) is 3.95. The van der Waals surface area contributed by atoms with Crippen LogP contribution >= 0.6 is 23.2 Å². The Morgan fingerprint density at radius 1 is 1.24 bits per heavy atom. The third-order valence-electron chi connectivity index (χ3n) is 2.03. The highest BCUT2D eigenvalue weighted by atomic mass is 35.5. The van der Waals surface area contributed by atoms with Crippen molar-refractivity contribution in [3.63, 3.8) is 0 Å². The summed E-state index contributed by atoms with van der Waals surface area (Å²) in [6.45, 7) is 0. The van der Waals surface area contributed by atoms with Gasteiger partial charge in [-0.1, -0.05) is 23.2 Å². The van der Waals surface area contributed by atoms with Gasteiger partial charge in [-0.15, -0.1) is 0 Å². The van der Waals surface area contributed by atoms with Gasteiger partial charge in [0.25, 0.3) is 0 Å². The molecule has 0 aliphatic carbocycles. The number of benzene rings is 1. The molecule has 0 amide bonds. The van der Waals surface area contributed by atoms with E-state index in [-0.39, 0.29) is 0 Å². The number of anilines is 2. The van der Waals surface area contributed by atoms with Gasteiger partial charge >= 0.3 is 0 Å². The molecule has 0 fully saturated rings. The summed E-state index contributed by atoms with van der Waals surface area (Å²) in [5.74, 6) is 1.19. The maximum atomic E-state index is 5.91. The summed E-state index contributed by atoms with van der Waals surface area (Å²) in [5.41, 5.74) is 0.705. The molecule has 0 aliphatic rings. The van der Waals surface area contributed by atoms with E-state index in [1.165, 1.54) is 6.20 Å². The average Bonchev–Trinajstić information content (AvgIpc) is 2.29. The molecule has 0 atom stereocenters. The number of methoxy groups -OCH3 is 1. The lowest BCUT2D eigenvalue weighted by atomic mass is 10.3. The zero-order valence-electron chi connectivity index (χ0n) is 8.95. The van der Waals surface area contributed by atoms with Crippen LogP contribution in [-0.4, -0.2) is 17.1 Å². The van der Waals surface area contributed by atoms with E-state index in [1.54, 1.807) is 31.5 Å². The Balaban J connectivity index is 2.32. The summed E-state index contributed by atoms with van der Waals surface area (Å²) < 4.78 is 5.20. The number of nitrogens with zero attached hydrogens (tertiary/aromatic N) is 2. The van der Waals surface area contributed by atoms with Gasteiger partial charge in [-0.25, -0.2) is 4.98 Å². The zero-order valence-corrected chi connectivity index (χ0v) is 10.5. The second kappa shape index (κ2) is 5.21. The summed E-state index contributed by atoms with van der Waals surface area (Å²) in [6, 6.07) is 5.25. The number of hydrogen-bond acceptors (Lipinski definition) is 4. The molecule has 1 aromatic carbocycles. The van der Waals surface area contributed by atoms with Crippen LogP contribution in [0.15, 0.2) is 30.6 Å². The van der Waals surface area contributed by atoms with Gasteiger partial charge in [-0.3, -0.25) is 4.98 Å². The molecule has 6 heteroatoms. The number of halogens is 2. The van der Waals surface area contributed by atoms with Crippen molar-refractivity contribution in [3.05, 3.63) is 40.8 Å². The molecule has 88 valence electrons. The van der Waals surface area contributed by atoms with E-state index in [1.807, 2.05) is 0 Å². The van der Waals surface area contributed by atoms with Crippen LogP contribution in [-0.2, 0) is 0 Å². The topological polar surface area (TPSA) is 47.0 Å². The smallest absolute Gasteiger partial charge is 0.150 e. The van der Waals surface area contributed by atoms with Crippen molar-refractivity contribution in [3.8, 4) is 5.75 Å². The molecule has 0 bridgehead atoms. The van der Waals surface area contributed by atoms with Gasteiger partial charge in [-0.2, -0.15) is 0 Å². The minimum absolute atomic E-state index is 0.316. The predicted molar refractivity (Wildman–Crippen MR) is 68.3 cm³/mol. The summed E-state index contributed by atoms with van der Waals surface area (Å²) >= 11 is 11.7. The Labute approximate surface area is 109 Å². The van der Waals surface area contributed by atoms with Crippen molar-refractivity contribution in [2.24, 2.45) is 0 Å². The summed E-state index contributed by atoms with van der Waals surface area (Å²) in [7, 11) is 1.58. The van der Waals surface area contributed by atoms with Gasteiger partial charge < -0.3 is 10.1 Å². The van der Waals surface area contributed by atoms with Crippen LogP contribution in [0.25, 0.3) is 0 Å². The molecule has 1 N–H and O–H groups in total. The number of hydrogen-bond donors (Lipinski definition) is 1. The molecule has 4 nitrogen and oxygen atoms in total. The third-order valence-corrected chi connectivity index (χ3v) is 2.45. The largest absolute Gasteiger partial charge is 0.495 e. The third kappa shape index (κ3) is 2.99. The second-order valence-electron chi connectivity index (χ2n) is 3.20. The van der Waals surface area contributed by atoms with E-state index in [0.29, 0.717) is 27.4 Å². The first kappa shape index (κ1) is 12.0. The molecule has 0 saturated heterocycles. The molecule has 0 radical (unpaired) electrons. The van der Waals surface area contributed by atoms with Crippen molar-refractivity contribution >= 4 is 34.7 Å². The summed E-state index contributed by atoms with van der Waals surface area (Å²) in [6.07, 6.45) is 3.02. The van der Waals surface area contributed by atoms with E-state index in [0.717, 1.165) is 0 Å². The molecule has 0 unspecified atom stereocenters. The molecule has 1 aromatic heterocycles. The Morgan fingerprint density at radius 3 is 2.76 bits per heavy atom. The Bertz CT molecular complexity index is 534. The van der Waals surface area contributed by atoms with Crippen LogP contribution in [0.4, 0.5) is 11.5 Å². The molecule has 0 saturated carbocycles. The molecular weight excluding hydrogens is 261 g/mol. The molecule has 2 rings (SSSR count). The SMILES string of the molecule is COc1ccc(Cl)cc1Nc1cncc(Cl)n1. The Morgan fingerprint density at radius 2 is 2.06 bits per heavy atom. The lowest BCUT2D eigenvalue weighted by molar-refractivity contribution is 0.417. The minimum Gasteiger partial charge on any atom is -0.495 e. The fourth-order valence-electron chi connectivity index (χ4n) is 1.32. The first-order valence-corrected chi connectivity index (χ1v) is 5.53. The van der Waals surface area contributed by atoms with E-state index >= 15 is 0 Å². The van der Waals surface area contributed by atoms with Crippen LogP contribution in [0.1, 0.15) is 0 Å². The van der Waals surface area contributed by atoms with E-state index in [4.69, 9.17) is 27.9 Å². The van der Waals surface area contributed by atoms with Crippen molar-refractivity contribution in [2.45, 2.75) is 0 Å². The van der Waals surface area contributed by atoms with Gasteiger partial charge in [0, 0.05) is 5.02 Å². The lowest BCUT2D eigenvalue weighted by Crippen LogP contribution is -1.97. The average molecular weight is 270 g/mol. The van der Waals surface area contributed by atoms with Gasteiger partial charge in [0.1, 0.15) is 10.9 Å². The normalized spacial score (nSPS) is 10.1. The van der Waals surface area contributed by atoms with E-state index < -0.39 is 0 Å². The van der Waals surface area contributed by atoms with Gasteiger partial charge in [0.05, 0.1) is 25.2 Å². The molecule has 0 spiro atoms. The maximum Gasteiger partial charge on any atom is 0.150 e. The highest BCUT2D eigenvalue weighted by Gasteiger charge is 2.05. The molecular formula is C11H9Cl2N3O. The van der Waals surface area contributed by atoms with Crippen molar-refractivity contribution in [2.75, 3.05) is 12.4 Å². The van der Waals surface area contributed by atoms with Crippen LogP contribution in [0.2, 0.25) is 10.2 Å². The fourth-order valence-corrected chi connectivity index (χ4v) is 1.64. The molecule has 1 heterocycles. The first-order valence-electron chi connectivity index (χ1n) is 4.77. The number of aromatic nitrogens is 2. The Hall–Kier alpha value is -1.52. The number of nitrogens with one attached hydrogen (secondary N) is 1. The highest BCUT2D eigenvalue weighted by Crippen LogP contribution is 2.29. The fraction of sp³-hybridized carbons (Fsp3) is 0.0909. The predicted octanol–water partition coefficient (Wildman–Crippen LogP) is 3.54. The van der Waals surface area contributed by atoms with Gasteiger partial charge in [-0.05, 0) is 18.2 Å². The van der Waals surface area contributed by atoms with Crippen LogP contribution in [0.3, 0.4) is 0 Å². The van der Waals surface area contributed by atoms with Crippen molar-refractivity contribution in [1.82, 2.24) is 9.97 Å². The standard InChI is InChI=1S/C11H9Cl2N3O/c1-17-9-3-2-7(12)4-8(9)15-11-6-14-5-10(13)16-11/h2-6H,1H3,(H,15,16). The van der Waals surface area contributed by atoms with Crippen molar-refractivity contribution < 1.29 is 4.74 Å². The number of ether oxygens (including phenoxy) is 1. The first-order chi connectivity index (χ1) is 8.19. The Kier molecular flexibility index (Phi) is 3.66. The minimum atomic E-state index is 0.316.